The Morgan fingerprint density at radius 3 is 2.27 bits per heavy atom. The van der Waals surface area contributed by atoms with Crippen LogP contribution in [-0.2, 0) is 14.4 Å². The van der Waals surface area contributed by atoms with Crippen molar-refractivity contribution >= 4 is 29.1 Å². The van der Waals surface area contributed by atoms with E-state index in [2.05, 4.69) is 5.32 Å². The number of hydrogen-bond donors (Lipinski definition) is 2. The average molecular weight is 303 g/mol. The molecule has 118 valence electrons. The molecule has 2 rings (SSSR count). The van der Waals surface area contributed by atoms with Crippen molar-refractivity contribution in [3.8, 4) is 0 Å². The van der Waals surface area contributed by atoms with Crippen LogP contribution in [0, 0.1) is 11.3 Å². The van der Waals surface area contributed by atoms with Gasteiger partial charge in [-0.15, -0.1) is 0 Å². The van der Waals surface area contributed by atoms with Gasteiger partial charge in [0.25, 0.3) is 0 Å². The van der Waals surface area contributed by atoms with Crippen molar-refractivity contribution in [3.05, 3.63) is 24.3 Å². The van der Waals surface area contributed by atoms with Crippen molar-refractivity contribution in [2.45, 2.75) is 27.2 Å². The molecule has 1 saturated heterocycles. The molecule has 22 heavy (non-hydrogen) atoms. The quantitative estimate of drug-likeness (QED) is 0.886. The largest absolute Gasteiger partial charge is 0.369 e. The number of nitrogens with zero attached hydrogens (tertiary/aromatic N) is 1. The average Bonchev–Trinajstić information content (AvgIpc) is 2.81. The molecule has 0 spiro atoms. The number of carbonyl (C=O) groups excluding carboxylic acids is 3. The van der Waals surface area contributed by atoms with Gasteiger partial charge in [0.1, 0.15) is 0 Å². The van der Waals surface area contributed by atoms with E-state index < -0.39 is 17.2 Å². The number of nitrogens with one attached hydrogen (secondary N) is 1. The van der Waals surface area contributed by atoms with Gasteiger partial charge in [-0.3, -0.25) is 14.4 Å². The van der Waals surface area contributed by atoms with E-state index in [9.17, 15) is 14.4 Å². The van der Waals surface area contributed by atoms with Gasteiger partial charge in [-0.1, -0.05) is 20.8 Å². The Labute approximate surface area is 129 Å². The molecule has 1 aromatic carbocycles. The highest BCUT2D eigenvalue weighted by molar-refractivity contribution is 6.00. The number of nitrogens with two attached hydrogens (primary N) is 1. The molecule has 1 heterocycles. The molecule has 6 nitrogen and oxygen atoms in total. The molecule has 0 saturated carbocycles. The van der Waals surface area contributed by atoms with Crippen LogP contribution in [0.2, 0.25) is 0 Å². The van der Waals surface area contributed by atoms with Gasteiger partial charge in [0.05, 0.1) is 5.92 Å². The fraction of sp³-hybridized carbons (Fsp3) is 0.438. The molecular weight excluding hydrogens is 282 g/mol. The topological polar surface area (TPSA) is 92.5 Å². The lowest BCUT2D eigenvalue weighted by Crippen LogP contribution is -2.28. The minimum atomic E-state index is -0.474. The summed E-state index contributed by atoms with van der Waals surface area (Å²) in [7, 11) is 0. The van der Waals surface area contributed by atoms with E-state index in [1.165, 1.54) is 0 Å². The Balaban J connectivity index is 2.08. The van der Waals surface area contributed by atoms with Crippen molar-refractivity contribution < 1.29 is 14.4 Å². The van der Waals surface area contributed by atoms with Gasteiger partial charge in [0, 0.05) is 29.8 Å². The molecule has 0 radical (unpaired) electrons. The molecule has 1 unspecified atom stereocenters. The SMILES string of the molecule is CC(C)(C)C(=O)Nc1ccc(N2CC(C(N)=O)CC2=O)cc1. The van der Waals surface area contributed by atoms with Crippen LogP contribution in [0.5, 0.6) is 0 Å². The van der Waals surface area contributed by atoms with Crippen LogP contribution in [0.15, 0.2) is 24.3 Å². The van der Waals surface area contributed by atoms with Crippen molar-refractivity contribution in [3.63, 3.8) is 0 Å². The second-order valence-corrected chi connectivity index (χ2v) is 6.56. The summed E-state index contributed by atoms with van der Waals surface area (Å²) >= 11 is 0. The summed E-state index contributed by atoms with van der Waals surface area (Å²) in [6, 6.07) is 6.98. The van der Waals surface area contributed by atoms with Gasteiger partial charge in [-0.25, -0.2) is 0 Å². The van der Waals surface area contributed by atoms with Crippen molar-refractivity contribution in [1.82, 2.24) is 0 Å². The minimum Gasteiger partial charge on any atom is -0.369 e. The number of benzene rings is 1. The van der Waals surface area contributed by atoms with Crippen LogP contribution in [0.25, 0.3) is 0 Å². The number of hydrogen-bond acceptors (Lipinski definition) is 3. The highest BCUT2D eigenvalue weighted by atomic mass is 16.2. The Kier molecular flexibility index (Phi) is 4.21. The first kappa shape index (κ1) is 16.0. The number of carbonyl (C=O) groups is 3. The lowest BCUT2D eigenvalue weighted by atomic mass is 9.95. The Hall–Kier alpha value is -2.37. The first-order valence-corrected chi connectivity index (χ1v) is 7.19. The number of rotatable bonds is 3. The van der Waals surface area contributed by atoms with Gasteiger partial charge >= 0.3 is 0 Å². The number of anilines is 2. The maximum atomic E-state index is 11.9. The first-order chi connectivity index (χ1) is 10.2. The number of primary amides is 1. The lowest BCUT2D eigenvalue weighted by molar-refractivity contribution is -0.123. The lowest BCUT2D eigenvalue weighted by Gasteiger charge is -2.19. The van der Waals surface area contributed by atoms with Gasteiger partial charge in [0.15, 0.2) is 0 Å². The molecule has 1 fully saturated rings. The van der Waals surface area contributed by atoms with E-state index in [0.717, 1.165) is 0 Å². The van der Waals surface area contributed by atoms with Gasteiger partial charge < -0.3 is 16.0 Å². The molecule has 6 heteroatoms. The van der Waals surface area contributed by atoms with Crippen LogP contribution in [0.3, 0.4) is 0 Å². The van der Waals surface area contributed by atoms with E-state index >= 15 is 0 Å². The van der Waals surface area contributed by atoms with E-state index in [0.29, 0.717) is 17.9 Å². The molecule has 1 aliphatic heterocycles. The molecular formula is C16H21N3O3. The van der Waals surface area contributed by atoms with Crippen LogP contribution >= 0.6 is 0 Å². The summed E-state index contributed by atoms with van der Waals surface area (Å²) < 4.78 is 0. The minimum absolute atomic E-state index is 0.0775. The van der Waals surface area contributed by atoms with Crippen LogP contribution in [-0.4, -0.2) is 24.3 Å². The Morgan fingerprint density at radius 2 is 1.82 bits per heavy atom. The highest BCUT2D eigenvalue weighted by Crippen LogP contribution is 2.26. The van der Waals surface area contributed by atoms with Gasteiger partial charge in [-0.05, 0) is 24.3 Å². The molecule has 0 aromatic heterocycles. The molecule has 3 N–H and O–H groups in total. The van der Waals surface area contributed by atoms with E-state index in [4.69, 9.17) is 5.73 Å². The van der Waals surface area contributed by atoms with Gasteiger partial charge in [0.2, 0.25) is 17.7 Å². The standard InChI is InChI=1S/C16H21N3O3/c1-16(2,3)15(22)18-11-4-6-12(7-5-11)19-9-10(14(17)21)8-13(19)20/h4-7,10H,8-9H2,1-3H3,(H2,17,21)(H,18,22). The molecule has 0 aliphatic carbocycles. The summed E-state index contributed by atoms with van der Waals surface area (Å²) in [4.78, 5) is 36.6. The third-order valence-corrected chi connectivity index (χ3v) is 3.65. The second-order valence-electron chi connectivity index (χ2n) is 6.56. The van der Waals surface area contributed by atoms with Crippen molar-refractivity contribution in [2.75, 3.05) is 16.8 Å². The molecule has 0 bridgehead atoms. The Morgan fingerprint density at radius 1 is 1.23 bits per heavy atom. The smallest absolute Gasteiger partial charge is 0.229 e. The predicted molar refractivity (Wildman–Crippen MR) is 84.2 cm³/mol. The highest BCUT2D eigenvalue weighted by Gasteiger charge is 2.33. The van der Waals surface area contributed by atoms with E-state index in [1.807, 2.05) is 20.8 Å². The normalized spacial score (nSPS) is 18.4. The molecule has 1 atom stereocenters. The first-order valence-electron chi connectivity index (χ1n) is 7.19. The monoisotopic (exact) mass is 303 g/mol. The Bertz CT molecular complexity index is 602. The molecule has 3 amide bonds. The van der Waals surface area contributed by atoms with Crippen LogP contribution in [0.1, 0.15) is 27.2 Å². The fourth-order valence-electron chi connectivity index (χ4n) is 2.19. The zero-order valence-corrected chi connectivity index (χ0v) is 13.1. The van der Waals surface area contributed by atoms with Gasteiger partial charge in [-0.2, -0.15) is 0 Å². The summed E-state index contributed by atoms with van der Waals surface area (Å²) in [6.07, 6.45) is 0.151. The zero-order valence-electron chi connectivity index (χ0n) is 13.1. The van der Waals surface area contributed by atoms with Crippen molar-refractivity contribution in [1.29, 1.82) is 0 Å². The molecule has 1 aliphatic rings. The maximum absolute atomic E-state index is 11.9. The summed E-state index contributed by atoms with van der Waals surface area (Å²) in [5.41, 5.74) is 6.15. The summed E-state index contributed by atoms with van der Waals surface area (Å²) in [5.74, 6) is -1.08. The molecule has 1 aromatic rings. The zero-order chi connectivity index (χ0) is 16.5. The third kappa shape index (κ3) is 3.44. The fourth-order valence-corrected chi connectivity index (χ4v) is 2.19. The summed E-state index contributed by atoms with van der Waals surface area (Å²) in [6.45, 7) is 5.82. The number of amides is 3. The van der Waals surface area contributed by atoms with Crippen LogP contribution < -0.4 is 16.0 Å². The summed E-state index contributed by atoms with van der Waals surface area (Å²) in [5, 5.41) is 2.82. The van der Waals surface area contributed by atoms with Crippen LogP contribution in [0.4, 0.5) is 11.4 Å². The second kappa shape index (κ2) is 5.79. The predicted octanol–water partition coefficient (Wildman–Crippen LogP) is 1.51. The third-order valence-electron chi connectivity index (χ3n) is 3.65. The van der Waals surface area contributed by atoms with E-state index in [1.54, 1.807) is 29.2 Å². The van der Waals surface area contributed by atoms with E-state index in [-0.39, 0.29) is 18.2 Å². The maximum Gasteiger partial charge on any atom is 0.229 e. The van der Waals surface area contributed by atoms with Crippen molar-refractivity contribution in [2.24, 2.45) is 17.1 Å².